The number of aliphatic hydroxyl groups is 1. The van der Waals surface area contributed by atoms with Gasteiger partial charge in [0, 0.05) is 11.8 Å². The summed E-state index contributed by atoms with van der Waals surface area (Å²) in [4.78, 5) is 4.13. The van der Waals surface area contributed by atoms with Crippen LogP contribution in [0.4, 0.5) is 0 Å². The van der Waals surface area contributed by atoms with E-state index in [0.717, 1.165) is 36.8 Å². The fourth-order valence-electron chi connectivity index (χ4n) is 2.77. The molecule has 1 unspecified atom stereocenters. The van der Waals surface area contributed by atoms with E-state index in [1.54, 1.807) is 12.3 Å². The van der Waals surface area contributed by atoms with E-state index in [0.29, 0.717) is 18.2 Å². The summed E-state index contributed by atoms with van der Waals surface area (Å²) in [5, 5.41) is 11.0. The van der Waals surface area contributed by atoms with E-state index >= 15 is 0 Å². The van der Waals surface area contributed by atoms with Gasteiger partial charge in [0.05, 0.1) is 0 Å². The Bertz CT molecular complexity index is 428. The Morgan fingerprint density at radius 1 is 1.45 bits per heavy atom. The number of rotatable bonds is 8. The minimum Gasteiger partial charge on any atom is -0.384 e. The summed E-state index contributed by atoms with van der Waals surface area (Å²) in [5.41, 5.74) is 6.63. The number of nitrogens with zero attached hydrogens (tertiary/aromatic N) is 1. The molecule has 0 bridgehead atoms. The molecule has 0 spiro atoms. The second-order valence-electron chi connectivity index (χ2n) is 5.70. The Balaban J connectivity index is 2.94. The van der Waals surface area contributed by atoms with Crippen molar-refractivity contribution in [1.29, 1.82) is 0 Å². The summed E-state index contributed by atoms with van der Waals surface area (Å²) in [6.07, 6.45) is 10.5. The molecule has 1 atom stereocenters. The third kappa shape index (κ3) is 3.83. The zero-order valence-corrected chi connectivity index (χ0v) is 13.0. The van der Waals surface area contributed by atoms with E-state index in [1.807, 2.05) is 13.0 Å². The monoisotopic (exact) mass is 276 g/mol. The maximum atomic E-state index is 11.0. The summed E-state index contributed by atoms with van der Waals surface area (Å²) >= 11 is 0. The molecule has 0 aromatic heterocycles. The van der Waals surface area contributed by atoms with Crippen LogP contribution in [0, 0.1) is 5.92 Å². The lowest BCUT2D eigenvalue weighted by Crippen LogP contribution is -2.44. The Kier molecular flexibility index (Phi) is 6.21. The van der Waals surface area contributed by atoms with E-state index in [-0.39, 0.29) is 0 Å². The fourth-order valence-corrected chi connectivity index (χ4v) is 2.77. The molecule has 1 aliphatic rings. The summed E-state index contributed by atoms with van der Waals surface area (Å²) in [6.45, 7) is 10.1. The number of amidine groups is 1. The van der Waals surface area contributed by atoms with Crippen molar-refractivity contribution >= 4 is 5.84 Å². The van der Waals surface area contributed by atoms with Crippen LogP contribution in [0.5, 0.6) is 0 Å². The van der Waals surface area contributed by atoms with Crippen LogP contribution in [0.15, 0.2) is 41.1 Å². The van der Waals surface area contributed by atoms with Crippen molar-refractivity contribution in [1.82, 2.24) is 0 Å². The molecule has 1 aliphatic heterocycles. The summed E-state index contributed by atoms with van der Waals surface area (Å²) in [6, 6.07) is 0. The van der Waals surface area contributed by atoms with E-state index in [9.17, 15) is 5.11 Å². The van der Waals surface area contributed by atoms with Gasteiger partial charge in [0.25, 0.3) is 0 Å². The van der Waals surface area contributed by atoms with Crippen molar-refractivity contribution in [2.24, 2.45) is 16.6 Å². The van der Waals surface area contributed by atoms with Crippen LogP contribution >= 0.6 is 0 Å². The summed E-state index contributed by atoms with van der Waals surface area (Å²) in [5.74, 6) is 0.792. The molecule has 20 heavy (non-hydrogen) atoms. The van der Waals surface area contributed by atoms with E-state index < -0.39 is 5.60 Å². The minimum absolute atomic E-state index is 0.317. The van der Waals surface area contributed by atoms with Crippen LogP contribution < -0.4 is 5.73 Å². The molecule has 3 heteroatoms. The smallest absolute Gasteiger partial charge is 0.148 e. The molecule has 0 aromatic carbocycles. The van der Waals surface area contributed by atoms with E-state index in [4.69, 9.17) is 5.73 Å². The molecule has 3 nitrogen and oxygen atoms in total. The van der Waals surface area contributed by atoms with Crippen LogP contribution in [0.1, 0.15) is 52.9 Å². The molecular weight excluding hydrogens is 248 g/mol. The molecule has 0 aliphatic carbocycles. The number of hydrogen-bond donors (Lipinski definition) is 2. The molecule has 1 rings (SSSR count). The van der Waals surface area contributed by atoms with Gasteiger partial charge in [0.15, 0.2) is 0 Å². The first-order valence-electron chi connectivity index (χ1n) is 7.55. The van der Waals surface area contributed by atoms with E-state index in [1.165, 1.54) is 0 Å². The number of aliphatic imine (C=N–C) groups is 1. The topological polar surface area (TPSA) is 58.6 Å². The van der Waals surface area contributed by atoms with Gasteiger partial charge in [-0.15, -0.1) is 0 Å². The van der Waals surface area contributed by atoms with E-state index in [2.05, 4.69) is 25.4 Å². The van der Waals surface area contributed by atoms with Gasteiger partial charge < -0.3 is 10.8 Å². The molecule has 0 aromatic rings. The van der Waals surface area contributed by atoms with Gasteiger partial charge in [0.2, 0.25) is 0 Å². The zero-order valence-electron chi connectivity index (χ0n) is 13.0. The minimum atomic E-state index is -1.11. The lowest BCUT2D eigenvalue weighted by molar-refractivity contribution is 0.118. The maximum Gasteiger partial charge on any atom is 0.148 e. The predicted molar refractivity (Wildman–Crippen MR) is 86.5 cm³/mol. The van der Waals surface area contributed by atoms with Gasteiger partial charge in [-0.25, -0.2) is 4.99 Å². The second kappa shape index (κ2) is 7.44. The Morgan fingerprint density at radius 3 is 2.55 bits per heavy atom. The van der Waals surface area contributed by atoms with Crippen molar-refractivity contribution < 1.29 is 5.11 Å². The van der Waals surface area contributed by atoms with Gasteiger partial charge >= 0.3 is 0 Å². The second-order valence-corrected chi connectivity index (χ2v) is 5.70. The molecular formula is C17H28N2O. The van der Waals surface area contributed by atoms with Gasteiger partial charge in [-0.2, -0.15) is 0 Å². The highest BCUT2D eigenvalue weighted by Gasteiger charge is 2.39. The van der Waals surface area contributed by atoms with Crippen molar-refractivity contribution in [3.63, 3.8) is 0 Å². The van der Waals surface area contributed by atoms with Crippen LogP contribution in [-0.4, -0.2) is 16.5 Å². The van der Waals surface area contributed by atoms with Crippen LogP contribution in [-0.2, 0) is 0 Å². The predicted octanol–water partition coefficient (Wildman–Crippen LogP) is 3.71. The average Bonchev–Trinajstić information content (AvgIpc) is 2.67. The molecule has 0 saturated heterocycles. The maximum absolute atomic E-state index is 11.0. The first-order chi connectivity index (χ1) is 9.47. The lowest BCUT2D eigenvalue weighted by Gasteiger charge is -2.30. The number of allylic oxidation sites excluding steroid dienone is 2. The van der Waals surface area contributed by atoms with Crippen molar-refractivity contribution in [2.45, 2.75) is 58.5 Å². The Morgan fingerprint density at radius 2 is 2.05 bits per heavy atom. The molecule has 0 fully saturated rings. The number of nitrogens with two attached hydrogens (primary N) is 1. The Hall–Kier alpha value is -1.35. The lowest BCUT2D eigenvalue weighted by atomic mass is 9.80. The van der Waals surface area contributed by atoms with Crippen LogP contribution in [0.25, 0.3) is 0 Å². The third-order valence-corrected chi connectivity index (χ3v) is 3.93. The van der Waals surface area contributed by atoms with Crippen molar-refractivity contribution in [2.75, 3.05) is 0 Å². The molecule has 0 amide bonds. The van der Waals surface area contributed by atoms with Gasteiger partial charge in [-0.3, -0.25) is 0 Å². The first kappa shape index (κ1) is 16.7. The van der Waals surface area contributed by atoms with Crippen molar-refractivity contribution in [3.05, 3.63) is 36.1 Å². The summed E-state index contributed by atoms with van der Waals surface area (Å²) < 4.78 is 0. The van der Waals surface area contributed by atoms with Crippen LogP contribution in [0.3, 0.4) is 0 Å². The van der Waals surface area contributed by atoms with Gasteiger partial charge in [-0.1, -0.05) is 63.8 Å². The fraction of sp³-hybridized carbons (Fsp3) is 0.588. The van der Waals surface area contributed by atoms with Crippen molar-refractivity contribution in [3.8, 4) is 0 Å². The van der Waals surface area contributed by atoms with Crippen LogP contribution in [0.2, 0.25) is 0 Å². The molecule has 112 valence electrons. The highest BCUT2D eigenvalue weighted by Crippen LogP contribution is 2.34. The van der Waals surface area contributed by atoms with Gasteiger partial charge in [0.1, 0.15) is 11.4 Å². The molecule has 0 saturated carbocycles. The Labute approximate surface area is 123 Å². The highest BCUT2D eigenvalue weighted by molar-refractivity contribution is 5.95. The normalized spacial score (nSPS) is 22.9. The quantitative estimate of drug-likeness (QED) is 0.664. The standard InChI is InChI=1S/C17H28N2O/c1-5-8-14(9-6-2)11-17(20)15(10-13(4)7-3)12-19-16(17)18/h7,10,12,14,20H,3,5-6,8-9,11H2,1-2,4H3,(H2,18,19)/b13-10-. The molecule has 3 N–H and O–H groups in total. The van der Waals surface area contributed by atoms with Gasteiger partial charge in [-0.05, 0) is 19.3 Å². The first-order valence-corrected chi connectivity index (χ1v) is 7.55. The number of hydrogen-bond acceptors (Lipinski definition) is 3. The SMILES string of the molecule is C=C/C(C)=C\C1=CN=C(N)C1(O)CC(CCC)CCC. The average molecular weight is 276 g/mol. The highest BCUT2D eigenvalue weighted by atomic mass is 16.3. The molecule has 1 heterocycles. The largest absolute Gasteiger partial charge is 0.384 e. The zero-order chi connectivity index (χ0) is 15.2. The third-order valence-electron chi connectivity index (χ3n) is 3.93. The molecule has 0 radical (unpaired) electrons. The summed E-state index contributed by atoms with van der Waals surface area (Å²) in [7, 11) is 0.